The Bertz CT molecular complexity index is 1030. The second kappa shape index (κ2) is 8.71. The standard InChI is InChI=1S/C22H22N4OS/c1-23-22-25-20-12-9-18(15-21(20)26-22)27-28-19-10-7-17(8-11-19)24-14-13-16-5-3-2-4-6-16/h2-12,15,24H,13-14H2,1H3,(H2,23,25,26). The summed E-state index contributed by atoms with van der Waals surface area (Å²) in [6.45, 7) is 0.909. The van der Waals surface area contributed by atoms with E-state index < -0.39 is 0 Å². The van der Waals surface area contributed by atoms with Crippen LogP contribution in [0.5, 0.6) is 5.75 Å². The molecule has 28 heavy (non-hydrogen) atoms. The van der Waals surface area contributed by atoms with E-state index in [4.69, 9.17) is 4.18 Å². The van der Waals surface area contributed by atoms with Crippen LogP contribution in [0, 0.1) is 0 Å². The Hall–Kier alpha value is -3.12. The molecule has 6 heteroatoms. The SMILES string of the molecule is CNc1nc2ccc(OSc3ccc(NCCc4ccccc4)cc3)cc2[nH]1. The lowest BCUT2D eigenvalue weighted by atomic mass is 10.1. The summed E-state index contributed by atoms with van der Waals surface area (Å²) >= 11 is 1.35. The van der Waals surface area contributed by atoms with E-state index in [0.29, 0.717) is 0 Å². The van der Waals surface area contributed by atoms with Crippen molar-refractivity contribution in [1.29, 1.82) is 0 Å². The molecule has 1 aromatic heterocycles. The molecule has 4 rings (SSSR count). The Kier molecular flexibility index (Phi) is 5.68. The first-order chi connectivity index (χ1) is 13.8. The van der Waals surface area contributed by atoms with Gasteiger partial charge < -0.3 is 19.8 Å². The summed E-state index contributed by atoms with van der Waals surface area (Å²) < 4.78 is 5.85. The summed E-state index contributed by atoms with van der Waals surface area (Å²) in [6, 6.07) is 24.6. The minimum absolute atomic E-state index is 0.746. The molecule has 0 saturated carbocycles. The lowest BCUT2D eigenvalue weighted by Gasteiger charge is -2.08. The fourth-order valence-electron chi connectivity index (χ4n) is 2.88. The monoisotopic (exact) mass is 390 g/mol. The highest BCUT2D eigenvalue weighted by Crippen LogP contribution is 2.27. The highest BCUT2D eigenvalue weighted by molar-refractivity contribution is 7.95. The molecule has 0 radical (unpaired) electrons. The zero-order chi connectivity index (χ0) is 19.2. The van der Waals surface area contributed by atoms with Crippen molar-refractivity contribution in [2.24, 2.45) is 0 Å². The van der Waals surface area contributed by atoms with Crippen molar-refractivity contribution in [3.63, 3.8) is 0 Å². The number of hydrogen-bond donors (Lipinski definition) is 3. The second-order valence-corrected chi connectivity index (χ2v) is 7.17. The summed E-state index contributed by atoms with van der Waals surface area (Å²) in [5.41, 5.74) is 4.30. The Morgan fingerprint density at radius 1 is 1.00 bits per heavy atom. The zero-order valence-electron chi connectivity index (χ0n) is 15.6. The number of anilines is 2. The van der Waals surface area contributed by atoms with Crippen LogP contribution < -0.4 is 14.8 Å². The van der Waals surface area contributed by atoms with Gasteiger partial charge in [-0.05, 0) is 48.4 Å². The molecule has 0 aliphatic carbocycles. The van der Waals surface area contributed by atoms with Gasteiger partial charge in [-0.1, -0.05) is 30.3 Å². The number of imidazole rings is 1. The molecular formula is C22H22N4OS. The van der Waals surface area contributed by atoms with Crippen molar-refractivity contribution < 1.29 is 4.18 Å². The molecule has 142 valence electrons. The van der Waals surface area contributed by atoms with Crippen LogP contribution in [-0.4, -0.2) is 23.6 Å². The predicted octanol–water partition coefficient (Wildman–Crippen LogP) is 5.35. The van der Waals surface area contributed by atoms with Crippen LogP contribution in [0.25, 0.3) is 11.0 Å². The first-order valence-electron chi connectivity index (χ1n) is 9.20. The van der Waals surface area contributed by atoms with Crippen LogP contribution in [0.15, 0.2) is 77.7 Å². The molecule has 5 nitrogen and oxygen atoms in total. The summed E-state index contributed by atoms with van der Waals surface area (Å²) in [7, 11) is 1.84. The van der Waals surface area contributed by atoms with Gasteiger partial charge in [0.05, 0.1) is 23.1 Å². The second-order valence-electron chi connectivity index (χ2n) is 6.37. The van der Waals surface area contributed by atoms with Crippen LogP contribution in [0.2, 0.25) is 0 Å². The number of benzene rings is 3. The quantitative estimate of drug-likeness (QED) is 0.354. The van der Waals surface area contributed by atoms with Gasteiger partial charge in [-0.3, -0.25) is 0 Å². The van der Waals surface area contributed by atoms with Crippen LogP contribution >= 0.6 is 12.0 Å². The van der Waals surface area contributed by atoms with Crippen molar-refractivity contribution in [2.75, 3.05) is 24.2 Å². The number of aromatic nitrogens is 2. The van der Waals surface area contributed by atoms with E-state index in [1.165, 1.54) is 17.6 Å². The van der Waals surface area contributed by atoms with Gasteiger partial charge in [0, 0.05) is 30.2 Å². The lowest BCUT2D eigenvalue weighted by Crippen LogP contribution is -2.04. The van der Waals surface area contributed by atoms with E-state index in [9.17, 15) is 0 Å². The van der Waals surface area contributed by atoms with E-state index in [1.54, 1.807) is 0 Å². The topological polar surface area (TPSA) is 62.0 Å². The number of hydrogen-bond acceptors (Lipinski definition) is 5. The van der Waals surface area contributed by atoms with E-state index in [1.807, 2.05) is 31.3 Å². The Morgan fingerprint density at radius 2 is 1.82 bits per heavy atom. The molecule has 1 heterocycles. The largest absolute Gasteiger partial charge is 0.421 e. The van der Waals surface area contributed by atoms with Crippen molar-refractivity contribution in [1.82, 2.24) is 9.97 Å². The third-order valence-corrected chi connectivity index (χ3v) is 5.10. The maximum absolute atomic E-state index is 5.85. The normalized spacial score (nSPS) is 10.8. The third-order valence-electron chi connectivity index (χ3n) is 4.36. The molecule has 0 amide bonds. The molecule has 0 aliphatic rings. The Labute approximate surface area is 168 Å². The van der Waals surface area contributed by atoms with Gasteiger partial charge in [0.25, 0.3) is 0 Å². The smallest absolute Gasteiger partial charge is 0.200 e. The lowest BCUT2D eigenvalue weighted by molar-refractivity contribution is 0.647. The van der Waals surface area contributed by atoms with Gasteiger partial charge >= 0.3 is 0 Å². The molecular weight excluding hydrogens is 368 g/mol. The Balaban J connectivity index is 1.29. The van der Waals surface area contributed by atoms with Gasteiger partial charge in [0.2, 0.25) is 5.95 Å². The third kappa shape index (κ3) is 4.58. The Morgan fingerprint density at radius 3 is 2.61 bits per heavy atom. The number of rotatable bonds is 8. The number of nitrogens with zero attached hydrogens (tertiary/aromatic N) is 1. The van der Waals surface area contributed by atoms with Gasteiger partial charge in [-0.25, -0.2) is 4.98 Å². The first kappa shape index (κ1) is 18.3. The van der Waals surface area contributed by atoms with Gasteiger partial charge in [-0.15, -0.1) is 0 Å². The molecule has 0 spiro atoms. The minimum Gasteiger partial charge on any atom is -0.421 e. The zero-order valence-corrected chi connectivity index (χ0v) is 16.4. The van der Waals surface area contributed by atoms with Gasteiger partial charge in [-0.2, -0.15) is 0 Å². The van der Waals surface area contributed by atoms with Crippen LogP contribution in [0.4, 0.5) is 11.6 Å². The maximum Gasteiger partial charge on any atom is 0.200 e. The van der Waals surface area contributed by atoms with Crippen molar-refractivity contribution >= 4 is 34.7 Å². The maximum atomic E-state index is 5.85. The predicted molar refractivity (Wildman–Crippen MR) is 117 cm³/mol. The van der Waals surface area contributed by atoms with E-state index in [0.717, 1.165) is 46.3 Å². The summed E-state index contributed by atoms with van der Waals surface area (Å²) in [5.74, 6) is 1.53. The number of aromatic amines is 1. The molecule has 0 aliphatic heterocycles. The average Bonchev–Trinajstić information content (AvgIpc) is 3.16. The van der Waals surface area contributed by atoms with Crippen molar-refractivity contribution in [3.8, 4) is 5.75 Å². The molecule has 0 bridgehead atoms. The summed E-state index contributed by atoms with van der Waals surface area (Å²) in [4.78, 5) is 8.66. The molecule has 0 saturated heterocycles. The highest BCUT2D eigenvalue weighted by atomic mass is 32.2. The van der Waals surface area contributed by atoms with Gasteiger partial charge in [0.15, 0.2) is 0 Å². The molecule has 0 fully saturated rings. The molecule has 0 atom stereocenters. The van der Waals surface area contributed by atoms with E-state index in [2.05, 4.69) is 69.1 Å². The van der Waals surface area contributed by atoms with Crippen molar-refractivity contribution in [2.45, 2.75) is 11.3 Å². The molecule has 4 aromatic rings. The number of fused-ring (bicyclic) bond motifs is 1. The van der Waals surface area contributed by atoms with E-state index in [-0.39, 0.29) is 0 Å². The van der Waals surface area contributed by atoms with E-state index >= 15 is 0 Å². The molecule has 3 N–H and O–H groups in total. The summed E-state index contributed by atoms with van der Waals surface area (Å²) in [5, 5.41) is 6.46. The fraction of sp³-hybridized carbons (Fsp3) is 0.136. The highest BCUT2D eigenvalue weighted by Gasteiger charge is 2.04. The minimum atomic E-state index is 0.746. The van der Waals surface area contributed by atoms with Crippen LogP contribution in [0.1, 0.15) is 5.56 Å². The van der Waals surface area contributed by atoms with Crippen molar-refractivity contribution in [3.05, 3.63) is 78.4 Å². The van der Waals surface area contributed by atoms with Gasteiger partial charge in [0.1, 0.15) is 5.75 Å². The average molecular weight is 391 g/mol. The first-order valence-corrected chi connectivity index (χ1v) is 9.94. The molecule has 0 unspecified atom stereocenters. The summed E-state index contributed by atoms with van der Waals surface area (Å²) in [6.07, 6.45) is 1.01. The number of nitrogens with one attached hydrogen (secondary N) is 3. The number of H-pyrrole nitrogens is 1. The van der Waals surface area contributed by atoms with Crippen LogP contribution in [0.3, 0.4) is 0 Å². The van der Waals surface area contributed by atoms with Crippen LogP contribution in [-0.2, 0) is 6.42 Å². The fourth-order valence-corrected chi connectivity index (χ4v) is 3.42. The molecule has 3 aromatic carbocycles.